The van der Waals surface area contributed by atoms with Crippen LogP contribution in [0, 0.1) is 23.3 Å². The summed E-state index contributed by atoms with van der Waals surface area (Å²) in [5, 5.41) is 0. The van der Waals surface area contributed by atoms with Gasteiger partial charge in [-0.1, -0.05) is 12.2 Å². The van der Waals surface area contributed by atoms with E-state index in [4.69, 9.17) is 9.47 Å². The van der Waals surface area contributed by atoms with Crippen molar-refractivity contribution >= 4 is 18.5 Å². The second kappa shape index (κ2) is 9.25. The van der Waals surface area contributed by atoms with Crippen LogP contribution in [0.15, 0.2) is 6.08 Å². The molecule has 0 N–H and O–H groups in total. The minimum absolute atomic E-state index is 0. The summed E-state index contributed by atoms with van der Waals surface area (Å²) in [6.45, 7) is 5.98. The Kier molecular flexibility index (Phi) is 7.99. The molecule has 0 aromatic heterocycles. The molecule has 0 unspecified atom stereocenters. The first-order valence-corrected chi connectivity index (χ1v) is 7.41. The van der Waals surface area contributed by atoms with Crippen LogP contribution < -0.4 is 4.74 Å². The quantitative estimate of drug-likeness (QED) is 0.582. The molecular weight excluding hydrogens is 350 g/mol. The molecule has 0 atom stereocenters. The highest BCUT2D eigenvalue weighted by atomic mass is 35.5. The van der Waals surface area contributed by atoms with Gasteiger partial charge in [-0.05, 0) is 13.8 Å². The van der Waals surface area contributed by atoms with Crippen LogP contribution in [0.3, 0.4) is 0 Å². The molecule has 0 saturated carbocycles. The molecule has 136 valence electrons. The third-order valence-electron chi connectivity index (χ3n) is 3.36. The minimum Gasteiger partial charge on any atom is -0.485 e. The van der Waals surface area contributed by atoms with Crippen molar-refractivity contribution in [3.63, 3.8) is 0 Å². The number of hydrogen-bond acceptors (Lipinski definition) is 3. The van der Waals surface area contributed by atoms with Crippen molar-refractivity contribution in [2.45, 2.75) is 20.0 Å². The molecule has 1 saturated heterocycles. The summed E-state index contributed by atoms with van der Waals surface area (Å²) in [5.74, 6) is -7.00. The van der Waals surface area contributed by atoms with Gasteiger partial charge in [0.05, 0.1) is 24.9 Å². The Bertz CT molecular complexity index is 561. The van der Waals surface area contributed by atoms with Gasteiger partial charge in [0.1, 0.15) is 0 Å². The van der Waals surface area contributed by atoms with Gasteiger partial charge in [-0.2, -0.15) is 8.78 Å². The van der Waals surface area contributed by atoms with Crippen LogP contribution in [-0.4, -0.2) is 43.9 Å². The monoisotopic (exact) mass is 369 g/mol. The van der Waals surface area contributed by atoms with Crippen LogP contribution in [0.4, 0.5) is 17.6 Å². The van der Waals surface area contributed by atoms with E-state index in [-0.39, 0.29) is 12.4 Å². The molecule has 2 rings (SSSR count). The van der Waals surface area contributed by atoms with Crippen molar-refractivity contribution in [2.75, 3.05) is 32.8 Å². The smallest absolute Gasteiger partial charge is 0.204 e. The Morgan fingerprint density at radius 1 is 1.04 bits per heavy atom. The lowest BCUT2D eigenvalue weighted by Crippen LogP contribution is -2.36. The summed E-state index contributed by atoms with van der Waals surface area (Å²) in [6, 6.07) is 0. The average molecular weight is 370 g/mol. The van der Waals surface area contributed by atoms with E-state index in [0.717, 1.165) is 6.08 Å². The third kappa shape index (κ3) is 4.84. The molecule has 1 aliphatic heterocycles. The van der Waals surface area contributed by atoms with Crippen LogP contribution in [-0.2, 0) is 4.74 Å². The van der Waals surface area contributed by atoms with Crippen molar-refractivity contribution in [3.8, 4) is 5.75 Å². The maximum atomic E-state index is 14.0. The first-order chi connectivity index (χ1) is 10.9. The summed E-state index contributed by atoms with van der Waals surface area (Å²) in [5.41, 5.74) is -0.746. The lowest BCUT2D eigenvalue weighted by atomic mass is 10.1. The Morgan fingerprint density at radius 2 is 1.58 bits per heavy atom. The van der Waals surface area contributed by atoms with Crippen LogP contribution in [0.2, 0.25) is 0 Å². The van der Waals surface area contributed by atoms with Crippen LogP contribution in [0.1, 0.15) is 19.4 Å². The lowest BCUT2D eigenvalue weighted by Gasteiger charge is -2.25. The van der Waals surface area contributed by atoms with Crippen LogP contribution >= 0.6 is 12.4 Å². The van der Waals surface area contributed by atoms with E-state index in [1.807, 2.05) is 4.90 Å². The highest BCUT2D eigenvalue weighted by molar-refractivity contribution is 5.85. The number of halogens is 5. The van der Waals surface area contributed by atoms with Gasteiger partial charge in [0.15, 0.2) is 17.4 Å². The molecule has 3 nitrogen and oxygen atoms in total. The average Bonchev–Trinajstić information content (AvgIpc) is 2.54. The first-order valence-electron chi connectivity index (χ1n) is 7.41. The van der Waals surface area contributed by atoms with Gasteiger partial charge >= 0.3 is 0 Å². The van der Waals surface area contributed by atoms with Crippen molar-refractivity contribution in [3.05, 3.63) is 34.9 Å². The molecule has 0 bridgehead atoms. The van der Waals surface area contributed by atoms with Gasteiger partial charge < -0.3 is 9.47 Å². The van der Waals surface area contributed by atoms with E-state index in [1.54, 1.807) is 0 Å². The van der Waals surface area contributed by atoms with Crippen molar-refractivity contribution in [2.24, 2.45) is 0 Å². The third-order valence-corrected chi connectivity index (χ3v) is 3.36. The summed E-state index contributed by atoms with van der Waals surface area (Å²) in [7, 11) is 0. The van der Waals surface area contributed by atoms with E-state index >= 15 is 0 Å². The molecule has 24 heavy (non-hydrogen) atoms. The zero-order valence-electron chi connectivity index (χ0n) is 13.5. The fraction of sp³-hybridized carbons (Fsp3) is 0.500. The summed E-state index contributed by atoms with van der Waals surface area (Å²) in [6.07, 6.45) is 1.90. The molecular formula is C16H20ClF4NO2. The van der Waals surface area contributed by atoms with Crippen LogP contribution in [0.5, 0.6) is 5.75 Å². The number of nitrogens with zero attached hydrogens (tertiary/aromatic N) is 1. The molecule has 0 aliphatic carbocycles. The van der Waals surface area contributed by atoms with Crippen molar-refractivity contribution in [1.82, 2.24) is 4.90 Å². The highest BCUT2D eigenvalue weighted by Crippen LogP contribution is 2.31. The topological polar surface area (TPSA) is 21.7 Å². The normalized spacial score (nSPS) is 15.8. The molecule has 1 aromatic carbocycles. The Morgan fingerprint density at radius 3 is 2.08 bits per heavy atom. The SMILES string of the molecule is CC(C)Oc1c(F)c(F)c(/C=C/CN2CCOCC2)c(F)c1F.Cl. The van der Waals surface area contributed by atoms with Crippen molar-refractivity contribution < 1.29 is 27.0 Å². The number of hydrogen-bond donors (Lipinski definition) is 0. The van der Waals surface area contributed by atoms with Gasteiger partial charge in [-0.25, -0.2) is 8.78 Å². The summed E-state index contributed by atoms with van der Waals surface area (Å²) in [4.78, 5) is 2.00. The molecule has 1 fully saturated rings. The number of ether oxygens (including phenoxy) is 2. The van der Waals surface area contributed by atoms with Gasteiger partial charge in [-0.15, -0.1) is 12.4 Å². The van der Waals surface area contributed by atoms with Gasteiger partial charge in [-0.3, -0.25) is 4.90 Å². The minimum atomic E-state index is -1.52. The molecule has 0 spiro atoms. The second-order valence-electron chi connectivity index (χ2n) is 5.48. The number of benzene rings is 1. The fourth-order valence-electron chi connectivity index (χ4n) is 2.22. The number of rotatable bonds is 5. The molecule has 0 amide bonds. The van der Waals surface area contributed by atoms with Gasteiger partial charge in [0, 0.05) is 19.6 Å². The predicted octanol–water partition coefficient (Wildman–Crippen LogP) is 3.80. The molecule has 1 aliphatic rings. The summed E-state index contributed by atoms with van der Waals surface area (Å²) >= 11 is 0. The van der Waals surface area contributed by atoms with Gasteiger partial charge in [0.25, 0.3) is 0 Å². The Hall–Kier alpha value is -1.31. The largest absolute Gasteiger partial charge is 0.485 e. The molecule has 8 heteroatoms. The maximum Gasteiger partial charge on any atom is 0.204 e. The predicted molar refractivity (Wildman–Crippen MR) is 85.6 cm³/mol. The van der Waals surface area contributed by atoms with E-state index in [0.29, 0.717) is 32.8 Å². The lowest BCUT2D eigenvalue weighted by molar-refractivity contribution is 0.0435. The molecule has 0 radical (unpaired) electrons. The number of morpholine rings is 1. The Labute approximate surface area is 144 Å². The summed E-state index contributed by atoms with van der Waals surface area (Å²) < 4.78 is 65.7. The van der Waals surface area contributed by atoms with E-state index in [9.17, 15) is 17.6 Å². The van der Waals surface area contributed by atoms with E-state index in [2.05, 4.69) is 0 Å². The van der Waals surface area contributed by atoms with Crippen LogP contribution in [0.25, 0.3) is 6.08 Å². The zero-order chi connectivity index (χ0) is 17.0. The first kappa shape index (κ1) is 20.7. The van der Waals surface area contributed by atoms with E-state index < -0.39 is 40.7 Å². The fourth-order valence-corrected chi connectivity index (χ4v) is 2.22. The second-order valence-corrected chi connectivity index (χ2v) is 5.48. The standard InChI is InChI=1S/C16H19F4NO2.ClH/c1-10(2)23-16-14(19)12(17)11(13(18)15(16)20)4-3-5-21-6-8-22-9-7-21;/h3-4,10H,5-9H2,1-2H3;1H/b4-3+;. The van der Waals surface area contributed by atoms with Crippen molar-refractivity contribution in [1.29, 1.82) is 0 Å². The molecule has 1 aromatic rings. The maximum absolute atomic E-state index is 14.0. The van der Waals surface area contributed by atoms with Gasteiger partial charge in [0.2, 0.25) is 11.6 Å². The van der Waals surface area contributed by atoms with E-state index in [1.165, 1.54) is 19.9 Å². The zero-order valence-corrected chi connectivity index (χ0v) is 14.3. The highest BCUT2D eigenvalue weighted by Gasteiger charge is 2.26. The Balaban J connectivity index is 0.00000288. The molecule has 1 heterocycles.